The highest BCUT2D eigenvalue weighted by molar-refractivity contribution is 7.93. The van der Waals surface area contributed by atoms with Crippen LogP contribution in [0.15, 0.2) is 24.3 Å². The molecule has 1 atom stereocenters. The zero-order valence-corrected chi connectivity index (χ0v) is 13.4. The van der Waals surface area contributed by atoms with Gasteiger partial charge in [0.05, 0.1) is 17.0 Å². The monoisotopic (exact) mass is 312 g/mol. The molecule has 1 saturated heterocycles. The Morgan fingerprint density at radius 2 is 2.10 bits per heavy atom. The van der Waals surface area contributed by atoms with Gasteiger partial charge in [0.2, 0.25) is 10.0 Å². The van der Waals surface area contributed by atoms with Gasteiger partial charge in [0, 0.05) is 6.07 Å². The summed E-state index contributed by atoms with van der Waals surface area (Å²) in [6, 6.07) is 7.14. The third-order valence-corrected chi connectivity index (χ3v) is 5.60. The Bertz CT molecular complexity index is 554. The van der Waals surface area contributed by atoms with E-state index in [1.807, 2.05) is 19.9 Å². The Morgan fingerprint density at radius 1 is 1.38 bits per heavy atom. The molecule has 6 heteroatoms. The van der Waals surface area contributed by atoms with Gasteiger partial charge in [-0.25, -0.2) is 8.42 Å². The summed E-state index contributed by atoms with van der Waals surface area (Å²) >= 11 is 0. The second-order valence-corrected chi connectivity index (χ2v) is 7.42. The van der Waals surface area contributed by atoms with Crippen LogP contribution in [-0.2, 0) is 10.0 Å². The molecule has 2 N–H and O–H groups in total. The summed E-state index contributed by atoms with van der Waals surface area (Å²) in [5, 5.41) is 2.85. The van der Waals surface area contributed by atoms with Gasteiger partial charge < -0.3 is 10.1 Å². The Labute approximate surface area is 127 Å². The maximum Gasteiger partial charge on any atom is 0.235 e. The van der Waals surface area contributed by atoms with Crippen LogP contribution in [0.5, 0.6) is 5.75 Å². The molecule has 0 aliphatic carbocycles. The molecule has 5 nitrogen and oxygen atoms in total. The number of benzene rings is 1. The van der Waals surface area contributed by atoms with Crippen LogP contribution in [-0.4, -0.2) is 32.9 Å². The van der Waals surface area contributed by atoms with Crippen molar-refractivity contribution in [2.75, 3.05) is 17.8 Å². The summed E-state index contributed by atoms with van der Waals surface area (Å²) < 4.78 is 33.1. The largest absolute Gasteiger partial charge is 0.491 e. The fraction of sp³-hybridized carbons (Fsp3) is 0.600. The van der Waals surface area contributed by atoms with Gasteiger partial charge in [0.15, 0.2) is 0 Å². The third-order valence-electron chi connectivity index (χ3n) is 3.73. The number of sulfonamides is 1. The van der Waals surface area contributed by atoms with Gasteiger partial charge in [-0.2, -0.15) is 0 Å². The Hall–Kier alpha value is -1.27. The Balaban J connectivity index is 2.06. The van der Waals surface area contributed by atoms with Gasteiger partial charge in [-0.05, 0) is 51.4 Å². The van der Waals surface area contributed by atoms with Crippen LogP contribution < -0.4 is 14.8 Å². The molecule has 0 amide bonds. The Kier molecular flexibility index (Phi) is 5.47. The molecule has 0 saturated carbocycles. The summed E-state index contributed by atoms with van der Waals surface area (Å²) in [6.45, 7) is 5.55. The molecule has 0 radical (unpaired) electrons. The maximum absolute atomic E-state index is 12.4. The van der Waals surface area contributed by atoms with E-state index in [4.69, 9.17) is 4.74 Å². The summed E-state index contributed by atoms with van der Waals surface area (Å²) in [7, 11) is -3.33. The minimum absolute atomic E-state index is 0.112. The van der Waals surface area contributed by atoms with E-state index in [1.54, 1.807) is 18.2 Å². The molecule has 1 fully saturated rings. The van der Waals surface area contributed by atoms with Crippen molar-refractivity contribution in [2.24, 2.45) is 0 Å². The normalized spacial score (nSPS) is 18.2. The predicted molar refractivity (Wildman–Crippen MR) is 85.3 cm³/mol. The highest BCUT2D eigenvalue weighted by Gasteiger charge is 2.27. The lowest BCUT2D eigenvalue weighted by molar-refractivity contribution is 0.217. The molecular formula is C15H24N2O3S. The first kappa shape index (κ1) is 16.1. The molecule has 2 rings (SSSR count). The topological polar surface area (TPSA) is 67.4 Å². The van der Waals surface area contributed by atoms with Crippen LogP contribution >= 0.6 is 0 Å². The molecule has 118 valence electrons. The van der Waals surface area contributed by atoms with E-state index in [9.17, 15) is 8.42 Å². The minimum atomic E-state index is -3.33. The first-order valence-corrected chi connectivity index (χ1v) is 9.05. The molecule has 0 spiro atoms. The van der Waals surface area contributed by atoms with Crippen molar-refractivity contribution in [3.63, 3.8) is 0 Å². The molecule has 1 aromatic rings. The van der Waals surface area contributed by atoms with Gasteiger partial charge in [-0.3, -0.25) is 4.72 Å². The van der Waals surface area contributed by atoms with Gasteiger partial charge in [0.25, 0.3) is 0 Å². The van der Waals surface area contributed by atoms with Crippen molar-refractivity contribution in [3.8, 4) is 5.75 Å². The fourth-order valence-electron chi connectivity index (χ4n) is 2.30. The molecule has 1 unspecified atom stereocenters. The van der Waals surface area contributed by atoms with Gasteiger partial charge >= 0.3 is 0 Å². The van der Waals surface area contributed by atoms with Crippen molar-refractivity contribution < 1.29 is 13.2 Å². The third kappa shape index (κ3) is 4.61. The number of nitrogens with one attached hydrogen (secondary N) is 2. The second kappa shape index (κ2) is 7.13. The first-order valence-electron chi connectivity index (χ1n) is 7.50. The highest BCUT2D eigenvalue weighted by Crippen LogP contribution is 2.22. The van der Waals surface area contributed by atoms with Crippen LogP contribution in [0.3, 0.4) is 0 Å². The molecule has 1 aromatic carbocycles. The zero-order valence-electron chi connectivity index (χ0n) is 12.6. The standard InChI is InChI=1S/C15H24N2O3S/c1-3-12(2)20-14-6-4-5-13(11-14)17-21(18,19)15-7-9-16-10-8-15/h4-6,11-12,15-17H,3,7-10H2,1-2H3. The molecule has 1 aliphatic rings. The molecule has 0 aromatic heterocycles. The predicted octanol–water partition coefficient (Wildman–Crippen LogP) is 2.36. The molecule has 0 bridgehead atoms. The Morgan fingerprint density at radius 3 is 2.76 bits per heavy atom. The van der Waals surface area contributed by atoms with E-state index in [2.05, 4.69) is 10.0 Å². The molecular weight excluding hydrogens is 288 g/mol. The lowest BCUT2D eigenvalue weighted by atomic mass is 10.2. The van der Waals surface area contributed by atoms with Crippen LogP contribution in [0.2, 0.25) is 0 Å². The summed E-state index contributed by atoms with van der Waals surface area (Å²) in [5.74, 6) is 0.690. The lowest BCUT2D eigenvalue weighted by Gasteiger charge is -2.23. The van der Waals surface area contributed by atoms with Gasteiger partial charge in [-0.1, -0.05) is 13.0 Å². The molecule has 21 heavy (non-hydrogen) atoms. The van der Waals surface area contributed by atoms with E-state index in [0.29, 0.717) is 24.3 Å². The second-order valence-electron chi connectivity index (χ2n) is 5.46. The molecule has 1 aliphatic heterocycles. The SMILES string of the molecule is CCC(C)Oc1cccc(NS(=O)(=O)C2CCNCC2)c1. The van der Waals surface area contributed by atoms with Crippen molar-refractivity contribution in [2.45, 2.75) is 44.5 Å². The van der Waals surface area contributed by atoms with Crippen LogP contribution in [0.1, 0.15) is 33.1 Å². The average Bonchev–Trinajstić information content (AvgIpc) is 2.48. The van der Waals surface area contributed by atoms with Gasteiger partial charge in [-0.15, -0.1) is 0 Å². The molecule has 1 heterocycles. The summed E-state index contributed by atoms with van der Waals surface area (Å²) in [5.41, 5.74) is 0.564. The summed E-state index contributed by atoms with van der Waals surface area (Å²) in [6.07, 6.45) is 2.32. The van der Waals surface area contributed by atoms with Crippen molar-refractivity contribution in [1.82, 2.24) is 5.32 Å². The van der Waals surface area contributed by atoms with E-state index in [-0.39, 0.29) is 11.4 Å². The van der Waals surface area contributed by atoms with Crippen molar-refractivity contribution in [3.05, 3.63) is 24.3 Å². The smallest absolute Gasteiger partial charge is 0.235 e. The van der Waals surface area contributed by atoms with Crippen LogP contribution in [0.4, 0.5) is 5.69 Å². The summed E-state index contributed by atoms with van der Waals surface area (Å²) in [4.78, 5) is 0. The van der Waals surface area contributed by atoms with E-state index < -0.39 is 10.0 Å². The number of rotatable bonds is 6. The number of hydrogen-bond acceptors (Lipinski definition) is 4. The van der Waals surface area contributed by atoms with Gasteiger partial charge in [0.1, 0.15) is 5.75 Å². The lowest BCUT2D eigenvalue weighted by Crippen LogP contribution is -2.38. The number of anilines is 1. The van der Waals surface area contributed by atoms with Crippen molar-refractivity contribution in [1.29, 1.82) is 0 Å². The van der Waals surface area contributed by atoms with Crippen LogP contribution in [0, 0.1) is 0 Å². The average molecular weight is 312 g/mol. The van der Waals surface area contributed by atoms with Crippen LogP contribution in [0.25, 0.3) is 0 Å². The fourth-order valence-corrected chi connectivity index (χ4v) is 3.78. The zero-order chi connectivity index (χ0) is 15.3. The number of hydrogen-bond donors (Lipinski definition) is 2. The number of ether oxygens (including phenoxy) is 1. The first-order chi connectivity index (χ1) is 10.0. The maximum atomic E-state index is 12.4. The van der Waals surface area contributed by atoms with E-state index in [0.717, 1.165) is 19.5 Å². The highest BCUT2D eigenvalue weighted by atomic mass is 32.2. The minimum Gasteiger partial charge on any atom is -0.491 e. The van der Waals surface area contributed by atoms with E-state index >= 15 is 0 Å². The number of piperidine rings is 1. The van der Waals surface area contributed by atoms with E-state index in [1.165, 1.54) is 0 Å². The van der Waals surface area contributed by atoms with Crippen molar-refractivity contribution >= 4 is 15.7 Å². The quantitative estimate of drug-likeness (QED) is 0.846.